The summed E-state index contributed by atoms with van der Waals surface area (Å²) in [5.41, 5.74) is 0.564. The van der Waals surface area contributed by atoms with Gasteiger partial charge in [-0.3, -0.25) is 4.79 Å². The van der Waals surface area contributed by atoms with Gasteiger partial charge < -0.3 is 19.2 Å². The molecule has 0 unspecified atom stereocenters. The molecule has 1 aliphatic heterocycles. The van der Waals surface area contributed by atoms with Crippen molar-refractivity contribution in [2.24, 2.45) is 0 Å². The number of fused-ring (bicyclic) bond motifs is 1. The number of amides is 1. The second kappa shape index (κ2) is 5.69. The first-order valence-corrected chi connectivity index (χ1v) is 6.53. The van der Waals surface area contributed by atoms with Crippen LogP contribution in [0.4, 0.5) is 0 Å². The van der Waals surface area contributed by atoms with Crippen molar-refractivity contribution in [1.82, 2.24) is 5.32 Å². The Morgan fingerprint density at radius 3 is 2.80 bits per heavy atom. The largest absolute Gasteiger partial charge is 0.486 e. The van der Waals surface area contributed by atoms with Gasteiger partial charge in [0.25, 0.3) is 5.91 Å². The highest BCUT2D eigenvalue weighted by molar-refractivity contribution is 5.94. The minimum atomic E-state index is -0.131. The average molecular weight is 273 g/mol. The average Bonchev–Trinajstić information content (AvgIpc) is 3.00. The molecule has 2 heterocycles. The summed E-state index contributed by atoms with van der Waals surface area (Å²) in [6.45, 7) is 1.58. The number of hydrogen-bond donors (Lipinski definition) is 1. The first-order valence-electron chi connectivity index (χ1n) is 6.53. The Bertz CT molecular complexity index is 592. The number of benzene rings is 1. The van der Waals surface area contributed by atoms with E-state index in [1.54, 1.807) is 24.5 Å². The van der Waals surface area contributed by atoms with E-state index in [9.17, 15) is 4.79 Å². The molecule has 1 amide bonds. The molecule has 0 aliphatic carbocycles. The van der Waals surface area contributed by atoms with E-state index in [2.05, 4.69) is 5.32 Å². The van der Waals surface area contributed by atoms with Crippen LogP contribution in [-0.2, 0) is 6.42 Å². The van der Waals surface area contributed by atoms with Gasteiger partial charge in [0.05, 0.1) is 6.26 Å². The Morgan fingerprint density at radius 2 is 2.00 bits per heavy atom. The predicted molar refractivity (Wildman–Crippen MR) is 72.2 cm³/mol. The molecule has 5 nitrogen and oxygen atoms in total. The molecule has 1 N–H and O–H groups in total. The van der Waals surface area contributed by atoms with E-state index in [1.807, 2.05) is 12.1 Å². The lowest BCUT2D eigenvalue weighted by atomic mass is 10.2. The normalized spacial score (nSPS) is 13.0. The lowest BCUT2D eigenvalue weighted by molar-refractivity contribution is 0.0952. The van der Waals surface area contributed by atoms with Gasteiger partial charge in [0.1, 0.15) is 19.0 Å². The number of rotatable bonds is 4. The summed E-state index contributed by atoms with van der Waals surface area (Å²) in [6, 6.07) is 8.91. The number of carbonyl (C=O) groups excluding carboxylic acids is 1. The first kappa shape index (κ1) is 12.6. The van der Waals surface area contributed by atoms with Crippen LogP contribution in [0.15, 0.2) is 41.0 Å². The van der Waals surface area contributed by atoms with Gasteiger partial charge in [0.2, 0.25) is 0 Å². The van der Waals surface area contributed by atoms with Crippen LogP contribution in [0.25, 0.3) is 0 Å². The number of hydrogen-bond acceptors (Lipinski definition) is 4. The molecule has 2 aromatic rings. The van der Waals surface area contributed by atoms with Crippen LogP contribution < -0.4 is 14.8 Å². The number of nitrogens with one attached hydrogen (secondary N) is 1. The van der Waals surface area contributed by atoms with Crippen LogP contribution >= 0.6 is 0 Å². The van der Waals surface area contributed by atoms with Crippen molar-refractivity contribution in [2.75, 3.05) is 19.8 Å². The van der Waals surface area contributed by atoms with Crippen LogP contribution in [0.5, 0.6) is 11.5 Å². The molecule has 1 aromatic heterocycles. The van der Waals surface area contributed by atoms with Crippen molar-refractivity contribution >= 4 is 5.91 Å². The lowest BCUT2D eigenvalue weighted by Crippen LogP contribution is -2.26. The highest BCUT2D eigenvalue weighted by Crippen LogP contribution is 2.30. The Labute approximate surface area is 116 Å². The molecule has 0 saturated carbocycles. The van der Waals surface area contributed by atoms with E-state index in [4.69, 9.17) is 13.9 Å². The van der Waals surface area contributed by atoms with E-state index >= 15 is 0 Å². The van der Waals surface area contributed by atoms with Crippen molar-refractivity contribution in [3.63, 3.8) is 0 Å². The molecule has 5 heteroatoms. The number of carbonyl (C=O) groups is 1. The maximum Gasteiger partial charge on any atom is 0.251 e. The van der Waals surface area contributed by atoms with Crippen molar-refractivity contribution in [2.45, 2.75) is 6.42 Å². The molecule has 3 rings (SSSR count). The topological polar surface area (TPSA) is 60.7 Å². The monoisotopic (exact) mass is 273 g/mol. The second-order valence-corrected chi connectivity index (χ2v) is 4.44. The molecular weight excluding hydrogens is 258 g/mol. The van der Waals surface area contributed by atoms with Crippen LogP contribution in [0.3, 0.4) is 0 Å². The fourth-order valence-corrected chi connectivity index (χ4v) is 2.04. The molecule has 0 radical (unpaired) electrons. The Hall–Kier alpha value is -2.43. The third-order valence-corrected chi connectivity index (χ3v) is 3.04. The smallest absolute Gasteiger partial charge is 0.251 e. The van der Waals surface area contributed by atoms with Gasteiger partial charge >= 0.3 is 0 Å². The lowest BCUT2D eigenvalue weighted by Gasteiger charge is -2.18. The van der Waals surface area contributed by atoms with Crippen LogP contribution in [0, 0.1) is 0 Å². The standard InChI is InChI=1S/C15H15NO4/c17-15(16-6-5-12-2-1-7-18-12)11-3-4-13-14(10-11)20-9-8-19-13/h1-4,7,10H,5-6,8-9H2,(H,16,17). The minimum Gasteiger partial charge on any atom is -0.486 e. The third kappa shape index (κ3) is 2.77. The molecule has 1 aliphatic rings. The van der Waals surface area contributed by atoms with Gasteiger partial charge in [-0.05, 0) is 30.3 Å². The van der Waals surface area contributed by atoms with Crippen molar-refractivity contribution in [3.8, 4) is 11.5 Å². The van der Waals surface area contributed by atoms with Gasteiger partial charge in [0.15, 0.2) is 11.5 Å². The SMILES string of the molecule is O=C(NCCc1ccco1)c1ccc2c(c1)OCCO2. The summed E-state index contributed by atoms with van der Waals surface area (Å²) in [6.07, 6.45) is 2.29. The fraction of sp³-hybridized carbons (Fsp3) is 0.267. The first-order chi connectivity index (χ1) is 9.83. The molecule has 0 spiro atoms. The summed E-state index contributed by atoms with van der Waals surface area (Å²) < 4.78 is 16.1. The van der Waals surface area contributed by atoms with E-state index in [0.717, 1.165) is 5.76 Å². The Morgan fingerprint density at radius 1 is 1.15 bits per heavy atom. The second-order valence-electron chi connectivity index (χ2n) is 4.44. The van der Waals surface area contributed by atoms with E-state index in [1.165, 1.54) is 0 Å². The van der Waals surface area contributed by atoms with Crippen LogP contribution in [0.1, 0.15) is 16.1 Å². The fourth-order valence-electron chi connectivity index (χ4n) is 2.04. The van der Waals surface area contributed by atoms with Gasteiger partial charge in [-0.15, -0.1) is 0 Å². The zero-order chi connectivity index (χ0) is 13.8. The minimum absolute atomic E-state index is 0.131. The summed E-state index contributed by atoms with van der Waals surface area (Å²) in [5.74, 6) is 2.03. The van der Waals surface area contributed by atoms with Crippen molar-refractivity contribution in [1.29, 1.82) is 0 Å². The van der Waals surface area contributed by atoms with Gasteiger partial charge in [0, 0.05) is 18.5 Å². The maximum atomic E-state index is 12.0. The van der Waals surface area contributed by atoms with Gasteiger partial charge in [-0.1, -0.05) is 0 Å². The highest BCUT2D eigenvalue weighted by atomic mass is 16.6. The molecule has 0 fully saturated rings. The van der Waals surface area contributed by atoms with E-state index < -0.39 is 0 Å². The number of furan rings is 1. The molecule has 0 bridgehead atoms. The molecule has 20 heavy (non-hydrogen) atoms. The summed E-state index contributed by atoms with van der Waals surface area (Å²) >= 11 is 0. The summed E-state index contributed by atoms with van der Waals surface area (Å²) in [4.78, 5) is 12.0. The highest BCUT2D eigenvalue weighted by Gasteiger charge is 2.14. The van der Waals surface area contributed by atoms with Gasteiger partial charge in [-0.25, -0.2) is 0 Å². The molecule has 104 valence electrons. The number of ether oxygens (including phenoxy) is 2. The van der Waals surface area contributed by atoms with Crippen molar-refractivity contribution in [3.05, 3.63) is 47.9 Å². The van der Waals surface area contributed by atoms with Crippen LogP contribution in [-0.4, -0.2) is 25.7 Å². The zero-order valence-corrected chi connectivity index (χ0v) is 10.9. The van der Waals surface area contributed by atoms with Crippen molar-refractivity contribution < 1.29 is 18.7 Å². The quantitative estimate of drug-likeness (QED) is 0.925. The maximum absolute atomic E-state index is 12.0. The summed E-state index contributed by atoms with van der Waals surface area (Å²) in [7, 11) is 0. The van der Waals surface area contributed by atoms with Crippen LogP contribution in [0.2, 0.25) is 0 Å². The molecule has 0 atom stereocenters. The predicted octanol–water partition coefficient (Wildman–Crippen LogP) is 2.02. The molecule has 0 saturated heterocycles. The summed E-state index contributed by atoms with van der Waals surface area (Å²) in [5, 5.41) is 2.85. The van der Waals surface area contributed by atoms with E-state index in [0.29, 0.717) is 43.2 Å². The third-order valence-electron chi connectivity index (χ3n) is 3.04. The van der Waals surface area contributed by atoms with E-state index in [-0.39, 0.29) is 5.91 Å². The Kier molecular flexibility index (Phi) is 3.58. The van der Waals surface area contributed by atoms with Gasteiger partial charge in [-0.2, -0.15) is 0 Å². The Balaban J connectivity index is 1.59. The molecular formula is C15H15NO4. The molecule has 1 aromatic carbocycles. The zero-order valence-electron chi connectivity index (χ0n) is 10.9.